The molecule has 21 heavy (non-hydrogen) atoms. The highest BCUT2D eigenvalue weighted by molar-refractivity contribution is 6.00. The maximum atomic E-state index is 12.4. The molecule has 0 rings (SSSR count). The third-order valence-electron chi connectivity index (χ3n) is 2.39. The molecule has 0 radical (unpaired) electrons. The van der Waals surface area contributed by atoms with Gasteiger partial charge in [0, 0.05) is 5.57 Å². The highest BCUT2D eigenvalue weighted by atomic mass is 19.1. The normalized spacial score (nSPS) is 13.2. The number of rotatable bonds is 9. The molecule has 0 saturated heterocycles. The third-order valence-corrected chi connectivity index (χ3v) is 2.39. The van der Waals surface area contributed by atoms with Crippen molar-refractivity contribution in [1.29, 1.82) is 0 Å². The number of hydrogen-bond donors (Lipinski definition) is 2. The van der Waals surface area contributed by atoms with Crippen molar-refractivity contribution in [2.75, 3.05) is 6.67 Å². The quantitative estimate of drug-likeness (QED) is 0.502. The molecule has 0 aliphatic rings. The van der Waals surface area contributed by atoms with Crippen molar-refractivity contribution in [2.24, 2.45) is 5.92 Å². The first-order valence-corrected chi connectivity index (χ1v) is 6.44. The van der Waals surface area contributed by atoms with Crippen molar-refractivity contribution in [2.45, 2.75) is 26.3 Å². The van der Waals surface area contributed by atoms with E-state index in [-0.39, 0.29) is 11.5 Å². The lowest BCUT2D eigenvalue weighted by Gasteiger charge is -2.15. The number of carboxylic acids is 1. The molecule has 6 heteroatoms. The average molecular weight is 297 g/mol. The third kappa shape index (κ3) is 7.81. The monoisotopic (exact) mass is 297 g/mol. The lowest BCUT2D eigenvalue weighted by molar-refractivity contribution is -0.140. The number of nitrogens with one attached hydrogen (secondary N) is 1. The van der Waals surface area contributed by atoms with Crippen LogP contribution in [0.25, 0.3) is 0 Å². The molecule has 0 bridgehead atoms. The summed E-state index contributed by atoms with van der Waals surface area (Å²) in [7, 11) is 0. The van der Waals surface area contributed by atoms with Gasteiger partial charge in [0.1, 0.15) is 12.7 Å². The number of carbonyl (C=O) groups excluding carboxylic acids is 2. The molecule has 0 heterocycles. The van der Waals surface area contributed by atoms with Crippen LogP contribution in [0.5, 0.6) is 0 Å². The Bertz CT molecular complexity index is 466. The van der Waals surface area contributed by atoms with E-state index in [0.717, 1.165) is 0 Å². The predicted molar refractivity (Wildman–Crippen MR) is 77.4 cm³/mol. The lowest BCUT2D eigenvalue weighted by atomic mass is 10.1. The summed E-state index contributed by atoms with van der Waals surface area (Å²) in [5.41, 5.74) is 0.256. The number of carbonyl (C=O) groups is 3. The van der Waals surface area contributed by atoms with Crippen molar-refractivity contribution in [3.05, 3.63) is 36.5 Å². The number of allylic oxidation sites excluding steroid dienone is 3. The Kier molecular flexibility index (Phi) is 8.60. The van der Waals surface area contributed by atoms with Crippen molar-refractivity contribution in [1.82, 2.24) is 5.32 Å². The molecule has 0 spiro atoms. The summed E-state index contributed by atoms with van der Waals surface area (Å²) in [4.78, 5) is 34.1. The number of Topliss-reactive ketones (excluding diaryl/α,β-unsaturated/α-hetero) is 1. The van der Waals surface area contributed by atoms with E-state index < -0.39 is 36.8 Å². The number of amides is 1. The molecule has 2 N–H and O–H groups in total. The fraction of sp³-hybridized carbons (Fsp3) is 0.400. The first-order valence-electron chi connectivity index (χ1n) is 6.44. The smallest absolute Gasteiger partial charge is 0.305 e. The minimum atomic E-state index is -1.38. The first-order chi connectivity index (χ1) is 9.81. The second-order valence-electron chi connectivity index (χ2n) is 4.68. The molecule has 1 unspecified atom stereocenters. The zero-order chi connectivity index (χ0) is 16.4. The SMILES string of the molecule is C=C/C=C\C(=C/C(C)C)C(=O)NC(CC(=O)O)C(=O)CF. The number of ketones is 1. The zero-order valence-electron chi connectivity index (χ0n) is 12.1. The van der Waals surface area contributed by atoms with Crippen molar-refractivity contribution in [3.8, 4) is 0 Å². The molecule has 1 amide bonds. The fourth-order valence-corrected chi connectivity index (χ4v) is 1.49. The minimum Gasteiger partial charge on any atom is -0.481 e. The van der Waals surface area contributed by atoms with Crippen LogP contribution in [0.15, 0.2) is 36.5 Å². The molecule has 0 aromatic rings. The number of hydrogen-bond acceptors (Lipinski definition) is 3. The number of carboxylic acid groups (broad SMARTS) is 1. The number of alkyl halides is 1. The summed E-state index contributed by atoms with van der Waals surface area (Å²) in [5, 5.41) is 10.9. The van der Waals surface area contributed by atoms with Gasteiger partial charge in [-0.05, 0) is 12.0 Å². The number of halogens is 1. The molecule has 116 valence electrons. The standard InChI is InChI=1S/C15H20FNO4/c1-4-5-6-11(7-10(2)3)15(21)17-12(8-14(19)20)13(18)9-16/h4-7,10,12H,1,8-9H2,2-3H3,(H,17,21)(H,19,20)/b6-5-,11-7+. The van der Waals surface area contributed by atoms with Crippen LogP contribution in [0.2, 0.25) is 0 Å². The molecular formula is C15H20FNO4. The van der Waals surface area contributed by atoms with Crippen LogP contribution in [0.1, 0.15) is 20.3 Å². The van der Waals surface area contributed by atoms with Crippen LogP contribution in [0.4, 0.5) is 4.39 Å². The van der Waals surface area contributed by atoms with Crippen LogP contribution in [0, 0.1) is 5.92 Å². The van der Waals surface area contributed by atoms with E-state index in [4.69, 9.17) is 5.11 Å². The summed E-state index contributed by atoms with van der Waals surface area (Å²) < 4.78 is 12.4. The minimum absolute atomic E-state index is 0.0648. The number of aliphatic carboxylic acids is 1. The molecular weight excluding hydrogens is 277 g/mol. The molecule has 0 aliphatic carbocycles. The molecule has 0 fully saturated rings. The van der Waals surface area contributed by atoms with E-state index in [2.05, 4.69) is 11.9 Å². The van der Waals surface area contributed by atoms with Gasteiger partial charge in [-0.3, -0.25) is 14.4 Å². The second-order valence-corrected chi connectivity index (χ2v) is 4.68. The largest absolute Gasteiger partial charge is 0.481 e. The van der Waals surface area contributed by atoms with Gasteiger partial charge in [0.05, 0.1) is 6.42 Å². The Balaban J connectivity index is 5.15. The predicted octanol–water partition coefficient (Wildman–Crippen LogP) is 1.81. The Morgan fingerprint density at radius 1 is 1.33 bits per heavy atom. The van der Waals surface area contributed by atoms with E-state index in [1.807, 2.05) is 13.8 Å². The van der Waals surface area contributed by atoms with Crippen molar-refractivity contribution < 1.29 is 23.9 Å². The topological polar surface area (TPSA) is 83.5 Å². The summed E-state index contributed by atoms with van der Waals surface area (Å²) in [6.07, 6.45) is 5.49. The van der Waals surface area contributed by atoms with Gasteiger partial charge in [0.2, 0.25) is 0 Å². The molecule has 0 aliphatic heterocycles. The average Bonchev–Trinajstić information content (AvgIpc) is 2.40. The Morgan fingerprint density at radius 2 is 1.95 bits per heavy atom. The summed E-state index contributed by atoms with van der Waals surface area (Å²) >= 11 is 0. The van der Waals surface area contributed by atoms with Gasteiger partial charge in [-0.1, -0.05) is 38.7 Å². The van der Waals surface area contributed by atoms with Crippen molar-refractivity contribution in [3.63, 3.8) is 0 Å². The fourth-order valence-electron chi connectivity index (χ4n) is 1.49. The van der Waals surface area contributed by atoms with Crippen LogP contribution in [-0.4, -0.2) is 35.5 Å². The van der Waals surface area contributed by atoms with E-state index in [1.165, 1.54) is 18.2 Å². The van der Waals surface area contributed by atoms with E-state index in [0.29, 0.717) is 0 Å². The van der Waals surface area contributed by atoms with Crippen LogP contribution in [0.3, 0.4) is 0 Å². The van der Waals surface area contributed by atoms with Gasteiger partial charge < -0.3 is 10.4 Å². The maximum Gasteiger partial charge on any atom is 0.305 e. The van der Waals surface area contributed by atoms with E-state index in [1.54, 1.807) is 6.08 Å². The van der Waals surface area contributed by atoms with E-state index in [9.17, 15) is 18.8 Å². The zero-order valence-corrected chi connectivity index (χ0v) is 12.1. The molecule has 0 saturated carbocycles. The van der Waals surface area contributed by atoms with Gasteiger partial charge in [-0.15, -0.1) is 0 Å². The summed E-state index contributed by atoms with van der Waals surface area (Å²) in [6, 6.07) is -1.38. The molecule has 5 nitrogen and oxygen atoms in total. The summed E-state index contributed by atoms with van der Waals surface area (Å²) in [5.74, 6) is -2.83. The molecule has 0 aromatic carbocycles. The van der Waals surface area contributed by atoms with Crippen LogP contribution >= 0.6 is 0 Å². The summed E-state index contributed by atoms with van der Waals surface area (Å²) in [6.45, 7) is 5.87. The Labute approximate surface area is 123 Å². The van der Waals surface area contributed by atoms with Crippen LogP contribution in [-0.2, 0) is 14.4 Å². The van der Waals surface area contributed by atoms with Gasteiger partial charge in [-0.25, -0.2) is 4.39 Å². The second kappa shape index (κ2) is 9.63. The van der Waals surface area contributed by atoms with Gasteiger partial charge in [-0.2, -0.15) is 0 Å². The Hall–Kier alpha value is -2.24. The van der Waals surface area contributed by atoms with Gasteiger partial charge in [0.15, 0.2) is 5.78 Å². The van der Waals surface area contributed by atoms with Crippen LogP contribution < -0.4 is 5.32 Å². The highest BCUT2D eigenvalue weighted by Crippen LogP contribution is 2.07. The first kappa shape index (κ1) is 18.8. The molecule has 0 aromatic heterocycles. The lowest BCUT2D eigenvalue weighted by Crippen LogP contribution is -2.43. The van der Waals surface area contributed by atoms with Gasteiger partial charge >= 0.3 is 5.97 Å². The van der Waals surface area contributed by atoms with Gasteiger partial charge in [0.25, 0.3) is 5.91 Å². The van der Waals surface area contributed by atoms with E-state index >= 15 is 0 Å². The van der Waals surface area contributed by atoms with Crippen molar-refractivity contribution >= 4 is 17.7 Å². The maximum absolute atomic E-state index is 12.4. The molecule has 1 atom stereocenters. The Morgan fingerprint density at radius 3 is 2.38 bits per heavy atom. The highest BCUT2D eigenvalue weighted by Gasteiger charge is 2.24.